The normalized spacial score (nSPS) is 30.7. The van der Waals surface area contributed by atoms with Gasteiger partial charge in [-0.25, -0.2) is 0 Å². The molecule has 1 atom stereocenters. The highest BCUT2D eigenvalue weighted by Crippen LogP contribution is 2.13. The molecule has 0 aromatic rings. The average molecular weight is 219 g/mol. The number of rotatable bonds is 3. The number of hydrogen-bond acceptors (Lipinski definition) is 2. The van der Waals surface area contributed by atoms with Gasteiger partial charge in [0.05, 0.1) is 0 Å². The third kappa shape index (κ3) is 2.93. The van der Waals surface area contributed by atoms with Crippen LogP contribution in [0, 0.1) is 0 Å². The summed E-state index contributed by atoms with van der Waals surface area (Å²) >= 11 is 3.33. The molecule has 1 aliphatic rings. The maximum absolute atomic E-state index is 3.78. The monoisotopic (exact) mass is 218 g/mol. The van der Waals surface area contributed by atoms with Crippen LogP contribution in [0.2, 0.25) is 0 Å². The minimum absolute atomic E-state index is 0.275. The molecule has 0 spiro atoms. The van der Waals surface area contributed by atoms with E-state index in [1.54, 1.807) is 0 Å². The van der Waals surface area contributed by atoms with Crippen molar-refractivity contribution in [3.8, 4) is 0 Å². The Morgan fingerprint density at radius 1 is 1.82 bits per heavy atom. The largest absolute Gasteiger partial charge is 0.315 e. The summed E-state index contributed by atoms with van der Waals surface area (Å²) in [4.78, 5) is 0. The highest BCUT2D eigenvalue weighted by Gasteiger charge is 2.27. The van der Waals surface area contributed by atoms with E-state index in [1.807, 2.05) is 0 Å². The van der Waals surface area contributed by atoms with Gasteiger partial charge in [-0.15, -0.1) is 0 Å². The van der Waals surface area contributed by atoms with Crippen molar-refractivity contribution in [3.05, 3.63) is 11.1 Å². The van der Waals surface area contributed by atoms with E-state index in [0.29, 0.717) is 0 Å². The first-order chi connectivity index (χ1) is 5.12. The molecular formula is C8H15BrN2. The fourth-order valence-corrected chi connectivity index (χ4v) is 1.42. The van der Waals surface area contributed by atoms with Crippen molar-refractivity contribution >= 4 is 15.9 Å². The van der Waals surface area contributed by atoms with E-state index >= 15 is 0 Å². The Morgan fingerprint density at radius 3 is 3.00 bits per heavy atom. The zero-order chi connectivity index (χ0) is 8.32. The van der Waals surface area contributed by atoms with E-state index < -0.39 is 0 Å². The highest BCUT2D eigenvalue weighted by molar-refractivity contribution is 9.11. The summed E-state index contributed by atoms with van der Waals surface area (Å²) in [6, 6.07) is 0. The van der Waals surface area contributed by atoms with Gasteiger partial charge in [0, 0.05) is 23.1 Å². The summed E-state index contributed by atoms with van der Waals surface area (Å²) in [5.74, 6) is 0. The minimum atomic E-state index is 0.275. The van der Waals surface area contributed by atoms with E-state index in [1.165, 1.54) is 6.42 Å². The van der Waals surface area contributed by atoms with Crippen LogP contribution in [0.5, 0.6) is 0 Å². The molecule has 0 aliphatic carbocycles. The van der Waals surface area contributed by atoms with Crippen molar-refractivity contribution in [1.29, 1.82) is 0 Å². The van der Waals surface area contributed by atoms with Gasteiger partial charge in [-0.2, -0.15) is 0 Å². The predicted octanol–water partition coefficient (Wildman–Crippen LogP) is 1.24. The molecule has 1 heterocycles. The molecule has 2 nitrogen and oxygen atoms in total. The summed E-state index contributed by atoms with van der Waals surface area (Å²) in [6.07, 6.45) is 1.20. The van der Waals surface area contributed by atoms with Gasteiger partial charge in [0.2, 0.25) is 0 Å². The maximum atomic E-state index is 3.78. The summed E-state index contributed by atoms with van der Waals surface area (Å²) in [6.45, 7) is 9.07. The van der Waals surface area contributed by atoms with E-state index in [9.17, 15) is 0 Å². The number of nitrogens with one attached hydrogen (secondary N) is 2. The van der Waals surface area contributed by atoms with Crippen LogP contribution in [0.15, 0.2) is 11.1 Å². The van der Waals surface area contributed by atoms with Crippen LogP contribution in [-0.4, -0.2) is 25.2 Å². The van der Waals surface area contributed by atoms with Crippen LogP contribution >= 0.6 is 15.9 Å². The molecule has 1 saturated heterocycles. The van der Waals surface area contributed by atoms with Gasteiger partial charge in [-0.1, -0.05) is 22.5 Å². The zero-order valence-corrected chi connectivity index (χ0v) is 8.50. The van der Waals surface area contributed by atoms with Crippen LogP contribution in [0.4, 0.5) is 0 Å². The van der Waals surface area contributed by atoms with E-state index in [0.717, 1.165) is 24.1 Å². The molecule has 0 amide bonds. The first kappa shape index (κ1) is 9.23. The lowest BCUT2D eigenvalue weighted by molar-refractivity contribution is 0.406. The van der Waals surface area contributed by atoms with Crippen LogP contribution in [0.25, 0.3) is 0 Å². The second-order valence-corrected chi connectivity index (χ2v) is 4.48. The van der Waals surface area contributed by atoms with Crippen LogP contribution < -0.4 is 10.6 Å². The summed E-state index contributed by atoms with van der Waals surface area (Å²) in [5.41, 5.74) is 0.275. The Balaban J connectivity index is 2.28. The second kappa shape index (κ2) is 3.70. The first-order valence-electron chi connectivity index (χ1n) is 3.91. The Hall–Kier alpha value is 0.140. The van der Waals surface area contributed by atoms with Crippen molar-refractivity contribution in [2.45, 2.75) is 18.9 Å². The smallest absolute Gasteiger partial charge is 0.0293 e. The van der Waals surface area contributed by atoms with Gasteiger partial charge in [0.15, 0.2) is 0 Å². The Labute approximate surface area is 76.6 Å². The molecule has 2 N–H and O–H groups in total. The summed E-state index contributed by atoms with van der Waals surface area (Å²) < 4.78 is 1.02. The third-order valence-electron chi connectivity index (χ3n) is 2.08. The summed E-state index contributed by atoms with van der Waals surface area (Å²) in [5, 5.41) is 6.78. The van der Waals surface area contributed by atoms with Crippen LogP contribution in [-0.2, 0) is 0 Å². The minimum Gasteiger partial charge on any atom is -0.315 e. The highest BCUT2D eigenvalue weighted by atomic mass is 79.9. The molecule has 64 valence electrons. The first-order valence-corrected chi connectivity index (χ1v) is 4.71. The van der Waals surface area contributed by atoms with E-state index in [-0.39, 0.29) is 5.54 Å². The molecule has 1 unspecified atom stereocenters. The molecule has 1 rings (SSSR count). The van der Waals surface area contributed by atoms with Gasteiger partial charge in [0.25, 0.3) is 0 Å². The second-order valence-electron chi connectivity index (χ2n) is 3.36. The molecule has 0 aromatic carbocycles. The zero-order valence-electron chi connectivity index (χ0n) is 6.91. The fraction of sp³-hybridized carbons (Fsp3) is 0.750. The quantitative estimate of drug-likeness (QED) is 0.746. The number of halogens is 1. The van der Waals surface area contributed by atoms with E-state index in [4.69, 9.17) is 0 Å². The van der Waals surface area contributed by atoms with Gasteiger partial charge >= 0.3 is 0 Å². The summed E-state index contributed by atoms with van der Waals surface area (Å²) in [7, 11) is 0. The molecule has 3 heteroatoms. The van der Waals surface area contributed by atoms with E-state index in [2.05, 4.69) is 40.1 Å². The third-order valence-corrected chi connectivity index (χ3v) is 2.36. The fourth-order valence-electron chi connectivity index (χ4n) is 1.28. The van der Waals surface area contributed by atoms with Crippen LogP contribution in [0.3, 0.4) is 0 Å². The van der Waals surface area contributed by atoms with Crippen molar-refractivity contribution in [2.75, 3.05) is 19.6 Å². The Kier molecular flexibility index (Phi) is 3.10. The molecule has 0 radical (unpaired) electrons. The number of hydrogen-bond donors (Lipinski definition) is 2. The van der Waals surface area contributed by atoms with Gasteiger partial charge in [0.1, 0.15) is 0 Å². The molecule has 1 fully saturated rings. The molecule has 0 saturated carbocycles. The topological polar surface area (TPSA) is 24.1 Å². The maximum Gasteiger partial charge on any atom is 0.0293 e. The van der Waals surface area contributed by atoms with Gasteiger partial charge in [-0.05, 0) is 19.9 Å². The Bertz CT molecular complexity index is 150. The molecule has 1 aliphatic heterocycles. The lowest BCUT2D eigenvalue weighted by atomic mass is 10.0. The average Bonchev–Trinajstić information content (AvgIpc) is 2.33. The standard InChI is InChI=1S/C8H15BrN2/c1-7(9)5-11-8(2)3-4-10-6-8/h10-11H,1,3-6H2,2H3. The lowest BCUT2D eigenvalue weighted by Crippen LogP contribution is -2.44. The molecule has 0 aromatic heterocycles. The lowest BCUT2D eigenvalue weighted by Gasteiger charge is -2.24. The predicted molar refractivity (Wildman–Crippen MR) is 52.0 cm³/mol. The SMILES string of the molecule is C=C(Br)CNC1(C)CCNC1. The van der Waals surface area contributed by atoms with Crippen LogP contribution in [0.1, 0.15) is 13.3 Å². The van der Waals surface area contributed by atoms with Crippen molar-refractivity contribution in [2.24, 2.45) is 0 Å². The van der Waals surface area contributed by atoms with Gasteiger partial charge in [-0.3, -0.25) is 0 Å². The molecular weight excluding hydrogens is 204 g/mol. The van der Waals surface area contributed by atoms with Crippen molar-refractivity contribution < 1.29 is 0 Å². The molecule has 0 bridgehead atoms. The van der Waals surface area contributed by atoms with Crippen molar-refractivity contribution in [1.82, 2.24) is 10.6 Å². The van der Waals surface area contributed by atoms with Crippen molar-refractivity contribution in [3.63, 3.8) is 0 Å². The molecule has 11 heavy (non-hydrogen) atoms. The Morgan fingerprint density at radius 2 is 2.55 bits per heavy atom. The van der Waals surface area contributed by atoms with Gasteiger partial charge < -0.3 is 10.6 Å².